The summed E-state index contributed by atoms with van der Waals surface area (Å²) in [5.41, 5.74) is 0. The number of carboxylic acids is 1. The second-order valence-electron chi connectivity index (χ2n) is 1.62. The Kier molecular flexibility index (Phi) is 10.3. The predicted octanol–water partition coefficient (Wildman–Crippen LogP) is -1.53. The van der Waals surface area contributed by atoms with E-state index in [1.165, 1.54) is 0 Å². The summed E-state index contributed by atoms with van der Waals surface area (Å²) in [5.74, 6) is -0.153. The van der Waals surface area contributed by atoms with E-state index in [0.29, 0.717) is 18.8 Å². The minimum Gasteiger partial charge on any atom is -0.503 e. The van der Waals surface area contributed by atoms with E-state index in [-0.39, 0.29) is 58.2 Å². The fraction of sp³-hybridized carbons (Fsp3) is 0.667. The summed E-state index contributed by atoms with van der Waals surface area (Å²) in [7, 11) is 0. The Hall–Kier alpha value is 1.15. The molecule has 0 aromatic rings. The Bertz CT molecular complexity index is 79.1. The van der Waals surface area contributed by atoms with Crippen molar-refractivity contribution < 1.29 is 68.1 Å². The van der Waals surface area contributed by atoms with Gasteiger partial charge in [0, 0.05) is 0 Å². The van der Waals surface area contributed by atoms with Crippen LogP contribution < -0.4 is 58.2 Å². The third-order valence-corrected chi connectivity index (χ3v) is 1.16. The minimum atomic E-state index is -0.755. The molecule has 0 aromatic carbocycles. The smallest absolute Gasteiger partial charge is 0.503 e. The molecule has 1 N–H and O–H groups in total. The van der Waals surface area contributed by atoms with Crippen molar-refractivity contribution in [1.29, 1.82) is 0 Å². The first-order chi connectivity index (χ1) is 3.72. The van der Waals surface area contributed by atoms with Crippen LogP contribution in [0.5, 0.6) is 0 Å². The van der Waals surface area contributed by atoms with E-state index in [1.807, 2.05) is 13.8 Å². The Morgan fingerprint density at radius 1 is 1.44 bits per heavy atom. The van der Waals surface area contributed by atoms with Crippen molar-refractivity contribution in [2.24, 2.45) is 0 Å². The zero-order chi connectivity index (χ0) is 6.57. The summed E-state index contributed by atoms with van der Waals surface area (Å²) in [6, 6.07) is 0. The van der Waals surface area contributed by atoms with Gasteiger partial charge in [0.15, 0.2) is 5.97 Å². The summed E-state index contributed by atoms with van der Waals surface area (Å²) >= 11 is 0. The number of hydrogen-bond acceptors (Lipinski definition) is 1. The van der Waals surface area contributed by atoms with Crippen LogP contribution in [0.1, 0.15) is 26.7 Å². The second kappa shape index (κ2) is 7.25. The molecular weight excluding hydrogens is 190 g/mol. The van der Waals surface area contributed by atoms with Crippen LogP contribution in [0.4, 0.5) is 0 Å². The minimum absolute atomic E-state index is 0. The van der Waals surface area contributed by atoms with E-state index < -0.39 is 5.97 Å². The Morgan fingerprint density at radius 3 is 1.78 bits per heavy atom. The monoisotopic (exact) mass is 200 g/mol. The molecule has 0 radical (unpaired) electrons. The fourth-order valence-corrected chi connectivity index (χ4v) is 0.552. The summed E-state index contributed by atoms with van der Waals surface area (Å²) in [4.78, 5) is 10.1. The molecule has 0 aliphatic heterocycles. The molecule has 0 fully saturated rings. The third-order valence-electron chi connectivity index (χ3n) is 1.16. The van der Waals surface area contributed by atoms with Crippen molar-refractivity contribution in [3.05, 3.63) is 5.92 Å². The number of carboxylic acid groups (broad SMARTS) is 1. The number of hydrogen-bond donors (Lipinski definition) is 1. The van der Waals surface area contributed by atoms with Crippen LogP contribution in [0.3, 0.4) is 0 Å². The predicted molar refractivity (Wildman–Crippen MR) is 31.5 cm³/mol. The van der Waals surface area contributed by atoms with Crippen LogP contribution in [0.15, 0.2) is 0 Å². The van der Waals surface area contributed by atoms with Crippen LogP contribution in [-0.2, 0) is 4.79 Å². The molecule has 0 saturated heterocycles. The van der Waals surface area contributed by atoms with Crippen molar-refractivity contribution in [3.8, 4) is 0 Å². The molecule has 0 bridgehead atoms. The maximum atomic E-state index is 10.1. The second-order valence-corrected chi connectivity index (χ2v) is 1.62. The molecule has 0 atom stereocenters. The van der Waals surface area contributed by atoms with Gasteiger partial charge in [-0.3, -0.25) is 10.7 Å². The number of aliphatic carboxylic acids is 1. The van der Waals surface area contributed by atoms with E-state index in [4.69, 9.17) is 5.11 Å². The summed E-state index contributed by atoms with van der Waals surface area (Å²) < 4.78 is 0. The van der Waals surface area contributed by atoms with Gasteiger partial charge in [0.1, 0.15) is 0 Å². The van der Waals surface area contributed by atoms with Crippen molar-refractivity contribution >= 4 is 5.97 Å². The molecule has 0 unspecified atom stereocenters. The van der Waals surface area contributed by atoms with Crippen LogP contribution in [0.25, 0.3) is 0 Å². The molecule has 2 nitrogen and oxygen atoms in total. The first-order valence-electron chi connectivity index (χ1n) is 2.80. The first kappa shape index (κ1) is 12.8. The van der Waals surface area contributed by atoms with Gasteiger partial charge in [0.25, 0.3) is 0 Å². The average molecular weight is 201 g/mol. The van der Waals surface area contributed by atoms with Crippen molar-refractivity contribution in [2.75, 3.05) is 0 Å². The van der Waals surface area contributed by atoms with Crippen LogP contribution in [-0.4, -0.2) is 11.1 Å². The molecule has 3 heteroatoms. The SMILES string of the molecule is CC[C-](CC)C(=O)O.[Rb+]. The van der Waals surface area contributed by atoms with Gasteiger partial charge in [0.05, 0.1) is 0 Å². The van der Waals surface area contributed by atoms with E-state index in [1.54, 1.807) is 0 Å². The summed E-state index contributed by atoms with van der Waals surface area (Å²) in [6.07, 6.45) is 1.32. The molecule has 0 amide bonds. The molecule has 0 heterocycles. The molecule has 0 aliphatic carbocycles. The van der Waals surface area contributed by atoms with Gasteiger partial charge in [-0.25, -0.2) is 0 Å². The zero-order valence-electron chi connectivity index (χ0n) is 6.27. The van der Waals surface area contributed by atoms with Gasteiger partial charge >= 0.3 is 58.2 Å². The van der Waals surface area contributed by atoms with Crippen LogP contribution in [0.2, 0.25) is 0 Å². The summed E-state index contributed by atoms with van der Waals surface area (Å²) in [6.45, 7) is 3.71. The Balaban J connectivity index is 0. The van der Waals surface area contributed by atoms with Crippen molar-refractivity contribution in [1.82, 2.24) is 0 Å². The van der Waals surface area contributed by atoms with Crippen LogP contribution in [0, 0.1) is 5.92 Å². The fourth-order valence-electron chi connectivity index (χ4n) is 0.552. The van der Waals surface area contributed by atoms with E-state index >= 15 is 0 Å². The summed E-state index contributed by atoms with van der Waals surface area (Å²) in [5, 5.41) is 8.34. The zero-order valence-corrected chi connectivity index (χ0v) is 11.2. The molecule has 0 rings (SSSR count). The number of carbonyl (C=O) groups is 1. The van der Waals surface area contributed by atoms with Crippen molar-refractivity contribution in [2.45, 2.75) is 26.7 Å². The van der Waals surface area contributed by atoms with Gasteiger partial charge in [0.2, 0.25) is 0 Å². The maximum absolute atomic E-state index is 10.1. The molecular formula is C6H11O2Rb. The molecule has 0 aromatic heterocycles. The largest absolute Gasteiger partial charge is 1.00 e. The first-order valence-corrected chi connectivity index (χ1v) is 2.80. The van der Waals surface area contributed by atoms with Gasteiger partial charge in [-0.15, -0.1) is 0 Å². The van der Waals surface area contributed by atoms with E-state index in [2.05, 4.69) is 0 Å². The van der Waals surface area contributed by atoms with Gasteiger partial charge < -0.3 is 5.11 Å². The van der Waals surface area contributed by atoms with Gasteiger partial charge in [-0.05, 0) is 0 Å². The van der Waals surface area contributed by atoms with Gasteiger partial charge in [-0.2, -0.15) is 12.8 Å². The number of rotatable bonds is 3. The third kappa shape index (κ3) is 5.58. The maximum Gasteiger partial charge on any atom is 1.00 e. The molecule has 9 heavy (non-hydrogen) atoms. The quantitative estimate of drug-likeness (QED) is 0.562. The molecule has 0 aliphatic rings. The average Bonchev–Trinajstić information content (AvgIpc) is 1.69. The van der Waals surface area contributed by atoms with E-state index in [9.17, 15) is 4.79 Å². The molecule has 0 spiro atoms. The van der Waals surface area contributed by atoms with Crippen LogP contribution >= 0.6 is 0 Å². The standard InChI is InChI=1S/C6H11O2.Rb/c1-3-5(4-2)6(7)8;/h3-4H2,1-2H3,(H,7,8);/q-1;+1. The Morgan fingerprint density at radius 2 is 1.78 bits per heavy atom. The Labute approximate surface area is 105 Å². The molecule has 48 valence electrons. The topological polar surface area (TPSA) is 37.3 Å². The van der Waals surface area contributed by atoms with Gasteiger partial charge in [-0.1, -0.05) is 13.8 Å². The van der Waals surface area contributed by atoms with E-state index in [0.717, 1.165) is 0 Å². The molecule has 0 saturated carbocycles. The van der Waals surface area contributed by atoms with Crippen molar-refractivity contribution in [3.63, 3.8) is 0 Å². The normalized spacial score (nSPS) is 7.78.